The fraction of sp³-hybridized carbons (Fsp3) is 0.875. The quantitative estimate of drug-likeness (QED) is 0.821. The predicted octanol–water partition coefficient (Wildman–Crippen LogP) is 1.30. The van der Waals surface area contributed by atoms with E-state index >= 15 is 0 Å². The molecule has 5 nitrogen and oxygen atoms in total. The Morgan fingerprint density at radius 2 is 1.95 bits per heavy atom. The molecule has 1 aliphatic carbocycles. The Morgan fingerprint density at radius 1 is 1.29 bits per heavy atom. The third-order valence-electron chi connectivity index (χ3n) is 4.72. The summed E-state index contributed by atoms with van der Waals surface area (Å²) in [5.74, 6) is -0.0454. The van der Waals surface area contributed by atoms with Crippen LogP contribution < -0.4 is 5.32 Å². The lowest BCUT2D eigenvalue weighted by Gasteiger charge is -2.33. The van der Waals surface area contributed by atoms with Gasteiger partial charge in [0.25, 0.3) is 0 Å². The molecule has 2 amide bonds. The SMILES string of the molecule is CC(C)C(=O)N1CCCC(C(=O)NCC2(O)CCCC2)C1. The Kier molecular flexibility index (Phi) is 5.25. The van der Waals surface area contributed by atoms with Crippen LogP contribution in [0, 0.1) is 11.8 Å². The molecule has 1 aliphatic heterocycles. The van der Waals surface area contributed by atoms with Crippen LogP contribution in [0.4, 0.5) is 0 Å². The molecule has 120 valence electrons. The lowest BCUT2D eigenvalue weighted by atomic mass is 9.95. The molecular weight excluding hydrogens is 268 g/mol. The smallest absolute Gasteiger partial charge is 0.225 e. The minimum absolute atomic E-state index is 0.0171. The Morgan fingerprint density at radius 3 is 2.57 bits per heavy atom. The van der Waals surface area contributed by atoms with E-state index in [-0.39, 0.29) is 23.7 Å². The van der Waals surface area contributed by atoms with Gasteiger partial charge in [-0.3, -0.25) is 9.59 Å². The first kappa shape index (κ1) is 16.3. The van der Waals surface area contributed by atoms with E-state index < -0.39 is 5.60 Å². The zero-order valence-electron chi connectivity index (χ0n) is 13.2. The van der Waals surface area contributed by atoms with Crippen LogP contribution in [-0.4, -0.2) is 47.1 Å². The Labute approximate surface area is 127 Å². The molecule has 0 aromatic heterocycles. The van der Waals surface area contributed by atoms with Crippen LogP contribution >= 0.6 is 0 Å². The largest absolute Gasteiger partial charge is 0.388 e. The van der Waals surface area contributed by atoms with Gasteiger partial charge in [0.05, 0.1) is 11.5 Å². The second-order valence-electron chi connectivity index (χ2n) is 6.93. The molecular formula is C16H28N2O3. The highest BCUT2D eigenvalue weighted by Crippen LogP contribution is 2.28. The average Bonchev–Trinajstić information content (AvgIpc) is 2.91. The molecule has 0 bridgehead atoms. The van der Waals surface area contributed by atoms with Crippen LogP contribution in [0.25, 0.3) is 0 Å². The maximum Gasteiger partial charge on any atom is 0.225 e. The van der Waals surface area contributed by atoms with Gasteiger partial charge >= 0.3 is 0 Å². The van der Waals surface area contributed by atoms with E-state index in [2.05, 4.69) is 5.32 Å². The minimum Gasteiger partial charge on any atom is -0.388 e. The number of hydrogen-bond donors (Lipinski definition) is 2. The van der Waals surface area contributed by atoms with E-state index in [4.69, 9.17) is 0 Å². The summed E-state index contributed by atoms with van der Waals surface area (Å²) < 4.78 is 0. The molecule has 2 fully saturated rings. The first-order chi connectivity index (χ1) is 9.91. The molecule has 2 N–H and O–H groups in total. The van der Waals surface area contributed by atoms with Crippen molar-refractivity contribution >= 4 is 11.8 Å². The molecule has 1 atom stereocenters. The number of nitrogens with zero attached hydrogens (tertiary/aromatic N) is 1. The normalized spacial score (nSPS) is 25.1. The van der Waals surface area contributed by atoms with Gasteiger partial charge in [-0.2, -0.15) is 0 Å². The van der Waals surface area contributed by atoms with Gasteiger partial charge < -0.3 is 15.3 Å². The fourth-order valence-corrected chi connectivity index (χ4v) is 3.36. The second kappa shape index (κ2) is 6.77. The summed E-state index contributed by atoms with van der Waals surface area (Å²) in [6.07, 6.45) is 5.32. The summed E-state index contributed by atoms with van der Waals surface area (Å²) in [5.41, 5.74) is -0.711. The van der Waals surface area contributed by atoms with Gasteiger partial charge in [-0.25, -0.2) is 0 Å². The number of aliphatic hydroxyl groups is 1. The van der Waals surface area contributed by atoms with E-state index in [1.165, 1.54) is 0 Å². The standard InChI is InChI=1S/C16H28N2O3/c1-12(2)15(20)18-9-5-6-13(10-18)14(19)17-11-16(21)7-3-4-8-16/h12-13,21H,3-11H2,1-2H3,(H,17,19). The lowest BCUT2D eigenvalue weighted by molar-refractivity contribution is -0.138. The highest BCUT2D eigenvalue weighted by Gasteiger charge is 2.33. The predicted molar refractivity (Wildman–Crippen MR) is 80.6 cm³/mol. The van der Waals surface area contributed by atoms with Crippen LogP contribution in [0.15, 0.2) is 0 Å². The molecule has 0 spiro atoms. The van der Waals surface area contributed by atoms with Gasteiger partial charge in [0.1, 0.15) is 0 Å². The molecule has 0 radical (unpaired) electrons. The monoisotopic (exact) mass is 296 g/mol. The van der Waals surface area contributed by atoms with Crippen molar-refractivity contribution in [3.05, 3.63) is 0 Å². The van der Waals surface area contributed by atoms with Gasteiger partial charge in [0, 0.05) is 25.6 Å². The number of nitrogens with one attached hydrogen (secondary N) is 1. The number of hydrogen-bond acceptors (Lipinski definition) is 3. The minimum atomic E-state index is -0.711. The molecule has 1 heterocycles. The van der Waals surface area contributed by atoms with Crippen LogP contribution in [-0.2, 0) is 9.59 Å². The molecule has 2 rings (SSSR count). The van der Waals surface area contributed by atoms with E-state index in [1.54, 1.807) is 0 Å². The molecule has 0 aromatic rings. The zero-order chi connectivity index (χ0) is 15.5. The molecule has 5 heteroatoms. The molecule has 2 aliphatic rings. The summed E-state index contributed by atoms with van der Waals surface area (Å²) in [4.78, 5) is 26.1. The highest BCUT2D eigenvalue weighted by molar-refractivity contribution is 5.82. The van der Waals surface area contributed by atoms with Gasteiger partial charge in [0.2, 0.25) is 11.8 Å². The summed E-state index contributed by atoms with van der Waals surface area (Å²) in [7, 11) is 0. The molecule has 1 unspecified atom stereocenters. The van der Waals surface area contributed by atoms with E-state index in [9.17, 15) is 14.7 Å². The number of amides is 2. The van der Waals surface area contributed by atoms with Crippen LogP contribution in [0.3, 0.4) is 0 Å². The lowest BCUT2D eigenvalue weighted by Crippen LogP contribution is -2.49. The maximum atomic E-state index is 12.3. The topological polar surface area (TPSA) is 69.6 Å². The third-order valence-corrected chi connectivity index (χ3v) is 4.72. The molecule has 1 saturated heterocycles. The van der Waals surface area contributed by atoms with Gasteiger partial charge in [0.15, 0.2) is 0 Å². The Hall–Kier alpha value is -1.10. The molecule has 0 aromatic carbocycles. The van der Waals surface area contributed by atoms with E-state index in [0.29, 0.717) is 13.1 Å². The van der Waals surface area contributed by atoms with Crippen molar-refractivity contribution in [1.29, 1.82) is 0 Å². The third kappa shape index (κ3) is 4.19. The van der Waals surface area contributed by atoms with Crippen LogP contribution in [0.5, 0.6) is 0 Å². The first-order valence-electron chi connectivity index (χ1n) is 8.20. The van der Waals surface area contributed by atoms with Crippen molar-refractivity contribution < 1.29 is 14.7 Å². The van der Waals surface area contributed by atoms with E-state index in [1.807, 2.05) is 18.7 Å². The van der Waals surface area contributed by atoms with Gasteiger partial charge in [-0.05, 0) is 25.7 Å². The van der Waals surface area contributed by atoms with Crippen LogP contribution in [0.2, 0.25) is 0 Å². The summed E-state index contributed by atoms with van der Waals surface area (Å²) in [5, 5.41) is 13.2. The van der Waals surface area contributed by atoms with Crippen molar-refractivity contribution in [3.8, 4) is 0 Å². The van der Waals surface area contributed by atoms with Crippen molar-refractivity contribution in [3.63, 3.8) is 0 Å². The van der Waals surface area contributed by atoms with Crippen molar-refractivity contribution in [2.45, 2.75) is 58.0 Å². The number of rotatable bonds is 4. The first-order valence-corrected chi connectivity index (χ1v) is 8.20. The summed E-state index contributed by atoms with van der Waals surface area (Å²) in [6.45, 7) is 5.40. The number of carbonyl (C=O) groups excluding carboxylic acids is 2. The van der Waals surface area contributed by atoms with Gasteiger partial charge in [-0.15, -0.1) is 0 Å². The van der Waals surface area contributed by atoms with Crippen molar-refractivity contribution in [2.24, 2.45) is 11.8 Å². The number of piperidine rings is 1. The fourth-order valence-electron chi connectivity index (χ4n) is 3.36. The van der Waals surface area contributed by atoms with Crippen LogP contribution in [0.1, 0.15) is 52.4 Å². The summed E-state index contributed by atoms with van der Waals surface area (Å²) in [6, 6.07) is 0. The van der Waals surface area contributed by atoms with Crippen molar-refractivity contribution in [1.82, 2.24) is 10.2 Å². The molecule has 1 saturated carbocycles. The Bertz CT molecular complexity index is 389. The Balaban J connectivity index is 1.83. The second-order valence-corrected chi connectivity index (χ2v) is 6.93. The highest BCUT2D eigenvalue weighted by atomic mass is 16.3. The zero-order valence-corrected chi connectivity index (χ0v) is 13.2. The van der Waals surface area contributed by atoms with Gasteiger partial charge in [-0.1, -0.05) is 26.7 Å². The van der Waals surface area contributed by atoms with Crippen molar-refractivity contribution in [2.75, 3.05) is 19.6 Å². The summed E-state index contributed by atoms with van der Waals surface area (Å²) >= 11 is 0. The maximum absolute atomic E-state index is 12.3. The number of likely N-dealkylation sites (tertiary alicyclic amines) is 1. The number of carbonyl (C=O) groups is 2. The molecule has 21 heavy (non-hydrogen) atoms. The van der Waals surface area contributed by atoms with E-state index in [0.717, 1.165) is 45.1 Å². The average molecular weight is 296 g/mol.